The fourth-order valence-electron chi connectivity index (χ4n) is 2.66. The molecular weight excluding hydrogens is 651 g/mol. The number of carboxylic acids is 2. The molecule has 2 radical (unpaired) electrons. The number of hydrogen-bond acceptors (Lipinski definition) is 8. The molecule has 0 unspecified atom stereocenters. The van der Waals surface area contributed by atoms with Crippen molar-refractivity contribution in [3.63, 3.8) is 0 Å². The molecule has 0 saturated heterocycles. The van der Waals surface area contributed by atoms with Crippen LogP contribution in [0.5, 0.6) is 0 Å². The molecule has 0 fully saturated rings. The molecule has 0 aliphatic heterocycles. The fraction of sp³-hybridized carbons (Fsp3) is 0. The van der Waals surface area contributed by atoms with E-state index in [2.05, 4.69) is 34.2 Å². The molecule has 0 amide bonds. The third kappa shape index (κ3) is 7.23. The maximum Gasteiger partial charge on any atom is 2.00 e. The van der Waals surface area contributed by atoms with Crippen LogP contribution in [0.1, 0.15) is 20.7 Å². The summed E-state index contributed by atoms with van der Waals surface area (Å²) in [6.07, 6.45) is 3.60. The summed E-state index contributed by atoms with van der Waals surface area (Å²) < 4.78 is 31.9. The predicted molar refractivity (Wildman–Crippen MR) is 117 cm³/mol. The number of aromatic carboxylic acids is 2. The van der Waals surface area contributed by atoms with Crippen LogP contribution in [0.2, 0.25) is 0 Å². The van der Waals surface area contributed by atoms with Gasteiger partial charge in [0.25, 0.3) is 0 Å². The first-order valence-electron chi connectivity index (χ1n) is 8.31. The SMILES string of the molecule is O.O=C([O-])c1cc(C(=O)O)cc(S(=O)(=O)[O-])c1.[OH3+].[Pb+2].c1cnc2c(c1)ccc1cccnc12. The zero-order chi connectivity index (χ0) is 21.9. The molecule has 13 heteroatoms. The summed E-state index contributed by atoms with van der Waals surface area (Å²) in [6, 6.07) is 14.0. The van der Waals surface area contributed by atoms with E-state index in [0.717, 1.165) is 21.8 Å². The second kappa shape index (κ2) is 12.3. The van der Waals surface area contributed by atoms with E-state index >= 15 is 0 Å². The molecular formula is C20H17N2O9PbS+. The Morgan fingerprint density at radius 1 is 0.848 bits per heavy atom. The van der Waals surface area contributed by atoms with Gasteiger partial charge < -0.3 is 30.5 Å². The van der Waals surface area contributed by atoms with Crippen molar-refractivity contribution in [2.45, 2.75) is 4.90 Å². The van der Waals surface area contributed by atoms with E-state index in [1.807, 2.05) is 12.1 Å². The van der Waals surface area contributed by atoms with E-state index in [-0.39, 0.29) is 38.3 Å². The maximum atomic E-state index is 10.6. The predicted octanol–water partition coefficient (Wildman–Crippen LogP) is -0.692. The fourth-order valence-corrected chi connectivity index (χ4v) is 3.21. The van der Waals surface area contributed by atoms with Gasteiger partial charge in [-0.3, -0.25) is 9.97 Å². The summed E-state index contributed by atoms with van der Waals surface area (Å²) in [4.78, 5) is 28.8. The van der Waals surface area contributed by atoms with Gasteiger partial charge in [-0.15, -0.1) is 0 Å². The van der Waals surface area contributed by atoms with E-state index < -0.39 is 38.1 Å². The average Bonchev–Trinajstić information content (AvgIpc) is 2.73. The molecule has 0 spiro atoms. The molecule has 0 bridgehead atoms. The number of carboxylic acid groups (broad SMARTS) is 2. The molecule has 0 saturated carbocycles. The molecule has 0 aliphatic carbocycles. The van der Waals surface area contributed by atoms with Gasteiger partial charge in [0.2, 0.25) is 0 Å². The summed E-state index contributed by atoms with van der Waals surface area (Å²) in [5.74, 6) is -3.32. The minimum Gasteiger partial charge on any atom is -0.744 e. The van der Waals surface area contributed by atoms with E-state index in [9.17, 15) is 27.7 Å². The number of fused-ring (bicyclic) bond motifs is 3. The Morgan fingerprint density at radius 3 is 1.70 bits per heavy atom. The van der Waals surface area contributed by atoms with Gasteiger partial charge in [-0.25, -0.2) is 13.2 Å². The van der Waals surface area contributed by atoms with Gasteiger partial charge >= 0.3 is 33.3 Å². The van der Waals surface area contributed by atoms with Crippen LogP contribution in [-0.4, -0.2) is 72.8 Å². The van der Waals surface area contributed by atoms with E-state index in [0.29, 0.717) is 18.2 Å². The molecule has 2 aromatic heterocycles. The third-order valence-corrected chi connectivity index (χ3v) is 4.84. The maximum absolute atomic E-state index is 10.6. The molecule has 2 aromatic carbocycles. The number of nitrogens with zero attached hydrogens (tertiary/aromatic N) is 2. The van der Waals surface area contributed by atoms with Crippen molar-refractivity contribution >= 4 is 71.2 Å². The number of aromatic nitrogens is 2. The number of carbonyl (C=O) groups excluding carboxylic acids is 1. The first-order chi connectivity index (χ1) is 14.2. The van der Waals surface area contributed by atoms with Gasteiger partial charge in [-0.2, -0.15) is 0 Å². The summed E-state index contributed by atoms with van der Waals surface area (Å²) in [7, 11) is -4.92. The van der Waals surface area contributed by atoms with Gasteiger partial charge in [0.1, 0.15) is 10.1 Å². The first-order valence-corrected chi connectivity index (χ1v) is 9.72. The van der Waals surface area contributed by atoms with Crippen LogP contribution >= 0.6 is 0 Å². The third-order valence-electron chi connectivity index (χ3n) is 4.02. The van der Waals surface area contributed by atoms with Crippen LogP contribution in [0, 0.1) is 0 Å². The summed E-state index contributed by atoms with van der Waals surface area (Å²) in [6.45, 7) is 0. The molecule has 4 rings (SSSR count). The minimum absolute atomic E-state index is 0. The minimum atomic E-state index is -4.92. The summed E-state index contributed by atoms with van der Waals surface area (Å²) >= 11 is 0. The number of rotatable bonds is 3. The molecule has 0 atom stereocenters. The monoisotopic (exact) mass is 669 g/mol. The normalized spacial score (nSPS) is 9.97. The topological polar surface area (TPSA) is 225 Å². The van der Waals surface area contributed by atoms with Crippen molar-refractivity contribution < 1.29 is 43.7 Å². The summed E-state index contributed by atoms with van der Waals surface area (Å²) in [5, 5.41) is 21.3. The second-order valence-electron chi connectivity index (χ2n) is 6.01. The van der Waals surface area contributed by atoms with Crippen molar-refractivity contribution in [1.82, 2.24) is 9.97 Å². The zero-order valence-electron chi connectivity index (χ0n) is 16.6. The van der Waals surface area contributed by atoms with Gasteiger partial charge in [0, 0.05) is 23.2 Å². The first kappa shape index (κ1) is 30.0. The number of benzene rings is 2. The number of carbonyl (C=O) groups is 2. The van der Waals surface area contributed by atoms with Crippen molar-refractivity contribution in [3.8, 4) is 0 Å². The van der Waals surface area contributed by atoms with E-state index in [4.69, 9.17) is 5.11 Å². The molecule has 11 nitrogen and oxygen atoms in total. The van der Waals surface area contributed by atoms with Crippen LogP contribution in [0.3, 0.4) is 0 Å². The largest absolute Gasteiger partial charge is 2.00 e. The Bertz CT molecular complexity index is 1310. The Labute approximate surface area is 207 Å². The molecule has 0 aliphatic rings. The van der Waals surface area contributed by atoms with Crippen LogP contribution < -0.4 is 5.11 Å². The Kier molecular flexibility index (Phi) is 11.1. The zero-order valence-corrected chi connectivity index (χ0v) is 21.3. The van der Waals surface area contributed by atoms with E-state index in [1.54, 1.807) is 12.4 Å². The van der Waals surface area contributed by atoms with Crippen LogP contribution in [0.4, 0.5) is 0 Å². The number of hydrogen-bond donors (Lipinski definition) is 1. The molecule has 170 valence electrons. The van der Waals surface area contributed by atoms with Crippen LogP contribution in [0.25, 0.3) is 21.8 Å². The van der Waals surface area contributed by atoms with Crippen molar-refractivity contribution in [2.75, 3.05) is 0 Å². The standard InChI is InChI=1S/C12H8N2.C8H6O7S.2H2O.Pb/c1-3-9-5-6-10-4-2-8-14-12(10)11(9)13-7-1;9-7(10)4-1-5(8(11)12)3-6(2-4)16(13,14)15;;;/h1-8H;1-3H,(H,9,10)(H,11,12)(H,13,14,15);2*1H2;/q;;;;+2/p-1. The molecule has 2 heterocycles. The van der Waals surface area contributed by atoms with Gasteiger partial charge in [-0.05, 0) is 35.9 Å². The van der Waals surface area contributed by atoms with Crippen molar-refractivity contribution in [1.29, 1.82) is 0 Å². The van der Waals surface area contributed by atoms with Crippen LogP contribution in [0.15, 0.2) is 71.9 Å². The Hall–Kier alpha value is -3.05. The van der Waals surface area contributed by atoms with Crippen molar-refractivity contribution in [2.24, 2.45) is 0 Å². The Balaban J connectivity index is 0.000000571. The molecule has 4 aromatic rings. The average molecular weight is 669 g/mol. The summed E-state index contributed by atoms with van der Waals surface area (Å²) in [5.41, 5.74) is 0.654. The van der Waals surface area contributed by atoms with Gasteiger partial charge in [0.05, 0.1) is 27.5 Å². The van der Waals surface area contributed by atoms with Crippen molar-refractivity contribution in [3.05, 3.63) is 78.1 Å². The molecule has 6 N–H and O–H groups in total. The van der Waals surface area contributed by atoms with Gasteiger partial charge in [0.15, 0.2) is 0 Å². The number of pyridine rings is 2. The molecule has 33 heavy (non-hydrogen) atoms. The Morgan fingerprint density at radius 2 is 1.30 bits per heavy atom. The second-order valence-corrected chi connectivity index (χ2v) is 7.39. The van der Waals surface area contributed by atoms with E-state index in [1.165, 1.54) is 0 Å². The van der Waals surface area contributed by atoms with Gasteiger partial charge in [-0.1, -0.05) is 24.3 Å². The van der Waals surface area contributed by atoms with Crippen LogP contribution in [-0.2, 0) is 15.6 Å². The smallest absolute Gasteiger partial charge is 0.744 e. The quantitative estimate of drug-likeness (QED) is 0.126.